The lowest BCUT2D eigenvalue weighted by Crippen LogP contribution is -2.62. The number of nitrogens with one attached hydrogen (secondary N) is 1. The normalized spacial score (nSPS) is 22.2. The Kier molecular flexibility index (Phi) is 6.59. The number of carbonyl (C=O) groups excluding carboxylic acids is 2. The zero-order valence-electron chi connectivity index (χ0n) is 13.8. The standard InChI is InChI=1S/C18H26N2O3/c1-2-23-18(22)16(12-13-6-4-3-5-7-13)20-17(21)14-8-10-15(19)11-9-14/h3-7,14-16H,2,8-12,19H2,1H3,(H,20,21)/p+1/t14?,15?,16-/m0/s1. The van der Waals surface area contributed by atoms with Gasteiger partial charge in [0.25, 0.3) is 0 Å². The molecule has 23 heavy (non-hydrogen) atoms. The van der Waals surface area contributed by atoms with Gasteiger partial charge in [-0.15, -0.1) is 0 Å². The molecule has 1 atom stereocenters. The van der Waals surface area contributed by atoms with Crippen LogP contribution in [-0.2, 0) is 20.7 Å². The van der Waals surface area contributed by atoms with Crippen molar-refractivity contribution in [2.75, 3.05) is 6.61 Å². The zero-order chi connectivity index (χ0) is 16.7. The number of amides is 1. The second kappa shape index (κ2) is 8.67. The lowest BCUT2D eigenvalue weighted by atomic mass is 9.85. The minimum atomic E-state index is -0.623. The second-order valence-corrected chi connectivity index (χ2v) is 6.22. The molecule has 0 aliphatic heterocycles. The molecule has 0 heterocycles. The van der Waals surface area contributed by atoms with Crippen LogP contribution in [0.1, 0.15) is 38.2 Å². The number of ether oxygens (including phenoxy) is 1. The summed E-state index contributed by atoms with van der Waals surface area (Å²) in [7, 11) is 0. The van der Waals surface area contributed by atoms with Crippen molar-refractivity contribution >= 4 is 11.9 Å². The first-order valence-electron chi connectivity index (χ1n) is 8.44. The SMILES string of the molecule is CCOC(=O)[C@H](Cc1ccccc1)NC(=O)C1CCC([NH3+])CC1. The van der Waals surface area contributed by atoms with Crippen molar-refractivity contribution in [3.05, 3.63) is 35.9 Å². The van der Waals surface area contributed by atoms with E-state index in [4.69, 9.17) is 4.74 Å². The number of hydrogen-bond acceptors (Lipinski definition) is 3. The Labute approximate surface area is 137 Å². The summed E-state index contributed by atoms with van der Waals surface area (Å²) in [6, 6.07) is 9.51. The van der Waals surface area contributed by atoms with Gasteiger partial charge in [0.2, 0.25) is 5.91 Å². The molecule has 0 aromatic heterocycles. The molecule has 0 spiro atoms. The summed E-state index contributed by atoms with van der Waals surface area (Å²) in [4.78, 5) is 24.6. The second-order valence-electron chi connectivity index (χ2n) is 6.22. The van der Waals surface area contributed by atoms with Gasteiger partial charge in [0.05, 0.1) is 12.6 Å². The fourth-order valence-electron chi connectivity index (χ4n) is 3.00. The summed E-state index contributed by atoms with van der Waals surface area (Å²) in [5, 5.41) is 2.90. The van der Waals surface area contributed by atoms with E-state index < -0.39 is 6.04 Å². The van der Waals surface area contributed by atoms with Crippen LogP contribution in [0.3, 0.4) is 0 Å². The number of hydrogen-bond donors (Lipinski definition) is 2. The maximum atomic E-state index is 12.5. The molecular formula is C18H27N2O3+. The number of rotatable bonds is 6. The Morgan fingerprint density at radius 3 is 2.48 bits per heavy atom. The van der Waals surface area contributed by atoms with Crippen LogP contribution in [0.2, 0.25) is 0 Å². The summed E-state index contributed by atoms with van der Waals surface area (Å²) < 4.78 is 5.12. The van der Waals surface area contributed by atoms with Gasteiger partial charge < -0.3 is 15.8 Å². The quantitative estimate of drug-likeness (QED) is 0.770. The molecule has 1 aliphatic rings. The van der Waals surface area contributed by atoms with Crippen molar-refractivity contribution in [1.29, 1.82) is 0 Å². The topological polar surface area (TPSA) is 83.0 Å². The van der Waals surface area contributed by atoms with E-state index in [9.17, 15) is 9.59 Å². The van der Waals surface area contributed by atoms with Gasteiger partial charge >= 0.3 is 5.97 Å². The van der Waals surface area contributed by atoms with E-state index in [1.165, 1.54) is 0 Å². The third kappa shape index (κ3) is 5.36. The van der Waals surface area contributed by atoms with Crippen LogP contribution in [0.15, 0.2) is 30.3 Å². The first-order valence-corrected chi connectivity index (χ1v) is 8.44. The third-order valence-electron chi connectivity index (χ3n) is 4.39. The van der Waals surface area contributed by atoms with Crippen molar-refractivity contribution in [1.82, 2.24) is 5.32 Å². The van der Waals surface area contributed by atoms with Crippen LogP contribution in [0.5, 0.6) is 0 Å². The average molecular weight is 319 g/mol. The molecule has 1 aromatic carbocycles. The molecule has 0 unspecified atom stereocenters. The molecule has 1 aliphatic carbocycles. The zero-order valence-corrected chi connectivity index (χ0v) is 13.8. The predicted octanol–water partition coefficient (Wildman–Crippen LogP) is 1.08. The number of carbonyl (C=O) groups is 2. The number of benzene rings is 1. The molecule has 0 radical (unpaired) electrons. The molecule has 1 saturated carbocycles. The highest BCUT2D eigenvalue weighted by molar-refractivity contribution is 5.86. The molecule has 1 amide bonds. The highest BCUT2D eigenvalue weighted by atomic mass is 16.5. The molecule has 126 valence electrons. The Bertz CT molecular complexity index is 510. The Hall–Kier alpha value is -1.88. The first-order chi connectivity index (χ1) is 11.1. The van der Waals surface area contributed by atoms with E-state index in [1.807, 2.05) is 30.3 Å². The third-order valence-corrected chi connectivity index (χ3v) is 4.39. The summed E-state index contributed by atoms with van der Waals surface area (Å²) in [5.74, 6) is -0.415. The Morgan fingerprint density at radius 2 is 1.87 bits per heavy atom. The van der Waals surface area contributed by atoms with Gasteiger partial charge in [0.15, 0.2) is 0 Å². The summed E-state index contributed by atoms with van der Waals surface area (Å²) >= 11 is 0. The molecule has 1 aromatic rings. The highest BCUT2D eigenvalue weighted by Gasteiger charge is 2.30. The maximum absolute atomic E-state index is 12.5. The van der Waals surface area contributed by atoms with E-state index in [2.05, 4.69) is 11.1 Å². The molecule has 4 N–H and O–H groups in total. The van der Waals surface area contributed by atoms with Crippen LogP contribution in [0, 0.1) is 5.92 Å². The summed E-state index contributed by atoms with van der Waals surface area (Å²) in [6.45, 7) is 2.08. The first kappa shape index (κ1) is 17.5. The molecule has 0 bridgehead atoms. The smallest absolute Gasteiger partial charge is 0.328 e. The van der Waals surface area contributed by atoms with Gasteiger partial charge in [-0.25, -0.2) is 4.79 Å². The van der Waals surface area contributed by atoms with E-state index >= 15 is 0 Å². The fraction of sp³-hybridized carbons (Fsp3) is 0.556. The monoisotopic (exact) mass is 319 g/mol. The number of esters is 1. The minimum absolute atomic E-state index is 0.0132. The largest absolute Gasteiger partial charge is 0.464 e. The molecule has 5 heteroatoms. The van der Waals surface area contributed by atoms with E-state index in [0.29, 0.717) is 19.1 Å². The Balaban J connectivity index is 1.99. The average Bonchev–Trinajstić information content (AvgIpc) is 2.56. The van der Waals surface area contributed by atoms with Crippen molar-refractivity contribution in [3.63, 3.8) is 0 Å². The summed E-state index contributed by atoms with van der Waals surface area (Å²) in [5.41, 5.74) is 5.06. The van der Waals surface area contributed by atoms with Crippen LogP contribution < -0.4 is 11.1 Å². The fourth-order valence-corrected chi connectivity index (χ4v) is 3.00. The maximum Gasteiger partial charge on any atom is 0.328 e. The van der Waals surface area contributed by atoms with Gasteiger partial charge in [0, 0.05) is 12.3 Å². The van der Waals surface area contributed by atoms with Crippen molar-refractivity contribution in [3.8, 4) is 0 Å². The van der Waals surface area contributed by atoms with Gasteiger partial charge in [-0.2, -0.15) is 0 Å². The van der Waals surface area contributed by atoms with Gasteiger partial charge in [-0.1, -0.05) is 30.3 Å². The van der Waals surface area contributed by atoms with Crippen LogP contribution >= 0.6 is 0 Å². The minimum Gasteiger partial charge on any atom is -0.464 e. The lowest BCUT2D eigenvalue weighted by molar-refractivity contribution is -0.426. The van der Waals surface area contributed by atoms with Crippen LogP contribution in [-0.4, -0.2) is 30.6 Å². The van der Waals surface area contributed by atoms with Crippen LogP contribution in [0.4, 0.5) is 0 Å². The summed E-state index contributed by atoms with van der Waals surface area (Å²) in [6.07, 6.45) is 4.10. The van der Waals surface area contributed by atoms with Gasteiger partial charge in [-0.05, 0) is 38.2 Å². The molecular weight excluding hydrogens is 292 g/mol. The highest BCUT2D eigenvalue weighted by Crippen LogP contribution is 2.22. The molecule has 0 saturated heterocycles. The van der Waals surface area contributed by atoms with Crippen molar-refractivity contribution < 1.29 is 20.1 Å². The van der Waals surface area contributed by atoms with Crippen molar-refractivity contribution in [2.24, 2.45) is 5.92 Å². The van der Waals surface area contributed by atoms with Crippen molar-refractivity contribution in [2.45, 2.75) is 51.1 Å². The predicted molar refractivity (Wildman–Crippen MR) is 87.3 cm³/mol. The number of quaternary nitrogens is 1. The Morgan fingerprint density at radius 1 is 1.22 bits per heavy atom. The van der Waals surface area contributed by atoms with E-state index in [1.54, 1.807) is 6.92 Å². The van der Waals surface area contributed by atoms with E-state index in [-0.39, 0.29) is 17.8 Å². The van der Waals surface area contributed by atoms with Gasteiger partial charge in [0.1, 0.15) is 6.04 Å². The lowest BCUT2D eigenvalue weighted by Gasteiger charge is -2.25. The molecule has 2 rings (SSSR count). The van der Waals surface area contributed by atoms with Gasteiger partial charge in [-0.3, -0.25) is 4.79 Å². The molecule has 5 nitrogen and oxygen atoms in total. The van der Waals surface area contributed by atoms with Crippen LogP contribution in [0.25, 0.3) is 0 Å². The van der Waals surface area contributed by atoms with E-state index in [0.717, 1.165) is 31.2 Å². The molecule has 1 fully saturated rings.